The van der Waals surface area contributed by atoms with Crippen LogP contribution in [0.25, 0.3) is 0 Å². The van der Waals surface area contributed by atoms with Crippen molar-refractivity contribution < 1.29 is 19.1 Å². The number of fused-ring (bicyclic) bond motifs is 3. The van der Waals surface area contributed by atoms with Gasteiger partial charge in [-0.1, -0.05) is 54.2 Å². The van der Waals surface area contributed by atoms with E-state index in [2.05, 4.69) is 10.3 Å². The van der Waals surface area contributed by atoms with Gasteiger partial charge >= 0.3 is 0 Å². The highest BCUT2D eigenvalue weighted by Crippen LogP contribution is 2.37. The van der Waals surface area contributed by atoms with Gasteiger partial charge in [0.05, 0.1) is 25.7 Å². The zero-order valence-corrected chi connectivity index (χ0v) is 19.9. The maximum absolute atomic E-state index is 13.4. The fourth-order valence-electron chi connectivity index (χ4n) is 3.91. The minimum Gasteiger partial charge on any atom is -0.497 e. The van der Waals surface area contributed by atoms with Crippen LogP contribution < -0.4 is 14.8 Å². The molecule has 2 aliphatic rings. The van der Waals surface area contributed by atoms with Gasteiger partial charge in [-0.3, -0.25) is 9.59 Å². The van der Waals surface area contributed by atoms with Gasteiger partial charge in [-0.2, -0.15) is 0 Å². The van der Waals surface area contributed by atoms with Gasteiger partial charge in [-0.25, -0.2) is 14.9 Å². The molecule has 0 saturated heterocycles. The summed E-state index contributed by atoms with van der Waals surface area (Å²) in [5, 5.41) is 3.27. The molecule has 5 rings (SSSR count). The van der Waals surface area contributed by atoms with E-state index in [0.29, 0.717) is 33.9 Å². The highest BCUT2D eigenvalue weighted by molar-refractivity contribution is 8.14. The molecule has 2 amide bonds. The Bertz CT molecular complexity index is 1330. The van der Waals surface area contributed by atoms with E-state index in [0.717, 1.165) is 11.1 Å². The summed E-state index contributed by atoms with van der Waals surface area (Å²) in [4.78, 5) is 37.1. The summed E-state index contributed by atoms with van der Waals surface area (Å²) >= 11 is 1.19. The van der Waals surface area contributed by atoms with Gasteiger partial charge < -0.3 is 14.8 Å². The van der Waals surface area contributed by atoms with Crippen LogP contribution in [0.3, 0.4) is 0 Å². The quantitative estimate of drug-likeness (QED) is 0.557. The first-order valence-electron chi connectivity index (χ1n) is 10.9. The number of hydrogen-bond donors (Lipinski definition) is 1. The number of hydrogen-bond acceptors (Lipinski definition) is 7. The molecule has 0 radical (unpaired) electrons. The number of rotatable bonds is 6. The summed E-state index contributed by atoms with van der Waals surface area (Å²) in [7, 11) is 3.09. The van der Waals surface area contributed by atoms with E-state index < -0.39 is 6.04 Å². The fraction of sp³-hybridized carbons (Fsp3) is 0.154. The predicted molar refractivity (Wildman–Crippen MR) is 137 cm³/mol. The van der Waals surface area contributed by atoms with Gasteiger partial charge in [0.2, 0.25) is 5.91 Å². The van der Waals surface area contributed by atoms with Gasteiger partial charge in [-0.15, -0.1) is 0 Å². The van der Waals surface area contributed by atoms with Gasteiger partial charge in [0, 0.05) is 29.4 Å². The van der Waals surface area contributed by atoms with Crippen molar-refractivity contribution in [3.63, 3.8) is 0 Å². The van der Waals surface area contributed by atoms with E-state index in [4.69, 9.17) is 14.5 Å². The monoisotopic (exact) mass is 486 g/mol. The van der Waals surface area contributed by atoms with Gasteiger partial charge in [0.1, 0.15) is 17.3 Å². The number of ether oxygens (including phenoxy) is 2. The van der Waals surface area contributed by atoms with Crippen molar-refractivity contribution in [3.8, 4) is 11.5 Å². The van der Waals surface area contributed by atoms with Crippen LogP contribution in [-0.4, -0.2) is 47.7 Å². The van der Waals surface area contributed by atoms with Crippen LogP contribution in [0.15, 0.2) is 82.8 Å². The fourth-order valence-corrected chi connectivity index (χ4v) is 4.71. The number of anilines is 1. The van der Waals surface area contributed by atoms with Crippen LogP contribution in [0.5, 0.6) is 11.5 Å². The van der Waals surface area contributed by atoms with Crippen molar-refractivity contribution in [1.82, 2.24) is 4.90 Å². The first-order chi connectivity index (χ1) is 17.1. The Morgan fingerprint density at radius 3 is 2.40 bits per heavy atom. The number of amidine groups is 2. The zero-order chi connectivity index (χ0) is 24.4. The lowest BCUT2D eigenvalue weighted by atomic mass is 10.1. The molecule has 0 spiro atoms. The molecule has 9 heteroatoms. The molecule has 0 aromatic heterocycles. The number of thioether (sulfide) groups is 1. The SMILES string of the molecule is COc1cc(NC(=O)CSC2=Nc3ccccc3C3=NC(c4ccccc4)C(=O)N23)cc(OC)c1. The molecule has 3 aromatic rings. The highest BCUT2D eigenvalue weighted by atomic mass is 32.2. The molecule has 2 aliphatic heterocycles. The largest absolute Gasteiger partial charge is 0.497 e. The number of nitrogens with zero attached hydrogens (tertiary/aromatic N) is 3. The third-order valence-corrected chi connectivity index (χ3v) is 6.49. The Morgan fingerprint density at radius 2 is 1.69 bits per heavy atom. The Morgan fingerprint density at radius 1 is 1.00 bits per heavy atom. The van der Waals surface area contributed by atoms with Crippen molar-refractivity contribution in [3.05, 3.63) is 83.9 Å². The number of amides is 2. The molecule has 1 N–H and O–H groups in total. The standard InChI is InChI=1S/C26H22N4O4S/c1-33-18-12-17(13-19(14-18)34-2)27-22(31)15-35-26-28-21-11-7-6-10-20(21)24-29-23(25(32)30(24)26)16-8-4-3-5-9-16/h3-14,23H,15H2,1-2H3,(H,27,31). The van der Waals surface area contributed by atoms with Crippen molar-refractivity contribution in [2.45, 2.75) is 6.04 Å². The minimum atomic E-state index is -0.652. The number of nitrogens with one attached hydrogen (secondary N) is 1. The Labute approximate surface area is 206 Å². The van der Waals surface area contributed by atoms with E-state index in [9.17, 15) is 9.59 Å². The third-order valence-electron chi connectivity index (χ3n) is 5.55. The first kappa shape index (κ1) is 22.7. The Balaban J connectivity index is 1.38. The van der Waals surface area contributed by atoms with E-state index in [1.165, 1.54) is 16.7 Å². The topological polar surface area (TPSA) is 92.6 Å². The van der Waals surface area contributed by atoms with Crippen LogP contribution in [0.2, 0.25) is 0 Å². The number of methoxy groups -OCH3 is 2. The van der Waals surface area contributed by atoms with Crippen molar-refractivity contribution in [1.29, 1.82) is 0 Å². The zero-order valence-electron chi connectivity index (χ0n) is 19.1. The molecular formula is C26H22N4O4S. The van der Waals surface area contributed by atoms with Crippen molar-refractivity contribution in [2.75, 3.05) is 25.3 Å². The van der Waals surface area contributed by atoms with Crippen LogP contribution in [0, 0.1) is 0 Å². The second kappa shape index (κ2) is 9.63. The average molecular weight is 487 g/mol. The van der Waals surface area contributed by atoms with E-state index in [1.807, 2.05) is 54.6 Å². The molecule has 3 aromatic carbocycles. The number of aliphatic imine (C=N–C) groups is 2. The molecule has 0 bridgehead atoms. The summed E-state index contributed by atoms with van der Waals surface area (Å²) in [6, 6.07) is 21.5. The number of carbonyl (C=O) groups is 2. The van der Waals surface area contributed by atoms with E-state index >= 15 is 0 Å². The Kier molecular flexibility index (Phi) is 6.24. The minimum absolute atomic E-state index is 0.0492. The number of carbonyl (C=O) groups excluding carboxylic acids is 2. The van der Waals surface area contributed by atoms with Gasteiger partial charge in [0.25, 0.3) is 5.91 Å². The second-order valence-electron chi connectivity index (χ2n) is 7.79. The van der Waals surface area contributed by atoms with Crippen molar-refractivity contribution >= 4 is 46.0 Å². The molecule has 1 unspecified atom stereocenters. The number of para-hydroxylation sites is 1. The molecule has 176 valence electrons. The van der Waals surface area contributed by atoms with Gasteiger partial charge in [0.15, 0.2) is 11.2 Å². The lowest BCUT2D eigenvalue weighted by Gasteiger charge is -2.25. The van der Waals surface area contributed by atoms with Crippen molar-refractivity contribution in [2.24, 2.45) is 9.98 Å². The predicted octanol–water partition coefficient (Wildman–Crippen LogP) is 4.41. The maximum Gasteiger partial charge on any atom is 0.263 e. The summed E-state index contributed by atoms with van der Waals surface area (Å²) in [5.74, 6) is 1.29. The van der Waals surface area contributed by atoms with Gasteiger partial charge in [-0.05, 0) is 17.7 Å². The normalized spacial score (nSPS) is 16.1. The van der Waals surface area contributed by atoms with E-state index in [-0.39, 0.29) is 17.6 Å². The lowest BCUT2D eigenvalue weighted by Crippen LogP contribution is -2.40. The molecule has 35 heavy (non-hydrogen) atoms. The van der Waals surface area contributed by atoms with Crippen LogP contribution in [0.1, 0.15) is 17.2 Å². The van der Waals surface area contributed by atoms with Crippen LogP contribution >= 0.6 is 11.8 Å². The highest BCUT2D eigenvalue weighted by Gasteiger charge is 2.42. The molecule has 8 nitrogen and oxygen atoms in total. The molecule has 1 atom stereocenters. The smallest absolute Gasteiger partial charge is 0.263 e. The second-order valence-corrected chi connectivity index (χ2v) is 8.73. The average Bonchev–Trinajstić information content (AvgIpc) is 3.25. The summed E-state index contributed by atoms with van der Waals surface area (Å²) in [6.45, 7) is 0. The third kappa shape index (κ3) is 4.50. The molecular weight excluding hydrogens is 464 g/mol. The van der Waals surface area contributed by atoms with Crippen LogP contribution in [0.4, 0.5) is 11.4 Å². The summed E-state index contributed by atoms with van der Waals surface area (Å²) in [5.41, 5.74) is 2.86. The molecule has 0 aliphatic carbocycles. The Hall–Kier alpha value is -4.11. The molecule has 2 heterocycles. The first-order valence-corrected chi connectivity index (χ1v) is 11.9. The summed E-state index contributed by atoms with van der Waals surface area (Å²) < 4.78 is 10.5. The van der Waals surface area contributed by atoms with E-state index in [1.54, 1.807) is 32.4 Å². The van der Waals surface area contributed by atoms with Crippen LogP contribution in [-0.2, 0) is 9.59 Å². The number of benzene rings is 3. The summed E-state index contributed by atoms with van der Waals surface area (Å²) in [6.07, 6.45) is 0. The molecule has 0 fully saturated rings. The lowest BCUT2D eigenvalue weighted by molar-refractivity contribution is -0.124. The maximum atomic E-state index is 13.4. The molecule has 0 saturated carbocycles.